The Balaban J connectivity index is 1.66. The molecule has 6 heteroatoms. The van der Waals surface area contributed by atoms with Crippen LogP contribution in [0.15, 0.2) is 78.9 Å². The van der Waals surface area contributed by atoms with Gasteiger partial charge in [0.25, 0.3) is 5.91 Å². The van der Waals surface area contributed by atoms with E-state index in [1.807, 2.05) is 61.5 Å². The van der Waals surface area contributed by atoms with Gasteiger partial charge in [0, 0.05) is 23.5 Å². The lowest BCUT2D eigenvalue weighted by Gasteiger charge is -2.21. The van der Waals surface area contributed by atoms with Gasteiger partial charge in [-0.05, 0) is 49.4 Å². The summed E-state index contributed by atoms with van der Waals surface area (Å²) in [6, 6.07) is 23.9. The van der Waals surface area contributed by atoms with Gasteiger partial charge in [0.1, 0.15) is 5.75 Å². The van der Waals surface area contributed by atoms with Crippen molar-refractivity contribution in [3.05, 3.63) is 84.4 Å². The molecule has 2 N–H and O–H groups in total. The normalized spacial score (nSPS) is 10.2. The molecule has 3 aromatic carbocycles. The molecule has 0 heterocycles. The molecule has 0 bridgehead atoms. The Hall–Kier alpha value is -3.80. The molecule has 0 spiro atoms. The average molecular weight is 403 g/mol. The van der Waals surface area contributed by atoms with Gasteiger partial charge in [-0.1, -0.05) is 36.4 Å². The number of nitrogens with one attached hydrogen (secondary N) is 2. The Morgan fingerprint density at radius 3 is 2.40 bits per heavy atom. The lowest BCUT2D eigenvalue weighted by Crippen LogP contribution is -2.30. The third-order valence-corrected chi connectivity index (χ3v) is 4.57. The van der Waals surface area contributed by atoms with Crippen LogP contribution in [-0.2, 0) is 4.79 Å². The van der Waals surface area contributed by atoms with Crippen LogP contribution in [0, 0.1) is 0 Å². The molecule has 0 saturated heterocycles. The lowest BCUT2D eigenvalue weighted by molar-refractivity contribution is -0.114. The van der Waals surface area contributed by atoms with Gasteiger partial charge < -0.3 is 20.3 Å². The molecular weight excluding hydrogens is 378 g/mol. The first-order chi connectivity index (χ1) is 14.6. The first-order valence-electron chi connectivity index (χ1n) is 9.76. The number of hydrogen-bond acceptors (Lipinski definition) is 4. The number of carbonyl (C=O) groups is 2. The fourth-order valence-corrected chi connectivity index (χ4v) is 3.11. The summed E-state index contributed by atoms with van der Waals surface area (Å²) in [6.45, 7) is 2.55. The molecule has 3 rings (SSSR count). The Kier molecular flexibility index (Phi) is 7.05. The molecule has 0 saturated carbocycles. The number of rotatable bonds is 8. The summed E-state index contributed by atoms with van der Waals surface area (Å²) in [5.74, 6) is 0.325. The number of para-hydroxylation sites is 3. The fraction of sp³-hybridized carbons (Fsp3) is 0.167. The Morgan fingerprint density at radius 1 is 0.933 bits per heavy atom. The van der Waals surface area contributed by atoms with Crippen molar-refractivity contribution in [2.24, 2.45) is 0 Å². The van der Waals surface area contributed by atoms with E-state index in [4.69, 9.17) is 4.74 Å². The number of methoxy groups -OCH3 is 1. The van der Waals surface area contributed by atoms with Crippen molar-refractivity contribution in [1.29, 1.82) is 0 Å². The van der Waals surface area contributed by atoms with E-state index in [0.29, 0.717) is 23.5 Å². The maximum absolute atomic E-state index is 13.0. The second-order valence-electron chi connectivity index (χ2n) is 6.57. The first kappa shape index (κ1) is 20.9. The Morgan fingerprint density at radius 2 is 1.67 bits per heavy atom. The molecule has 0 aliphatic rings. The molecule has 0 atom stereocenters. The van der Waals surface area contributed by atoms with Crippen molar-refractivity contribution in [3.8, 4) is 5.75 Å². The summed E-state index contributed by atoms with van der Waals surface area (Å²) in [6.07, 6.45) is 0. The minimum Gasteiger partial charge on any atom is -0.495 e. The van der Waals surface area contributed by atoms with Gasteiger partial charge in [-0.2, -0.15) is 0 Å². The minimum absolute atomic E-state index is 0.0731. The van der Waals surface area contributed by atoms with E-state index in [0.717, 1.165) is 11.4 Å². The predicted molar refractivity (Wildman–Crippen MR) is 120 cm³/mol. The number of carbonyl (C=O) groups excluding carboxylic acids is 2. The van der Waals surface area contributed by atoms with Gasteiger partial charge >= 0.3 is 0 Å². The van der Waals surface area contributed by atoms with Crippen molar-refractivity contribution in [1.82, 2.24) is 0 Å². The van der Waals surface area contributed by atoms with Crippen LogP contribution >= 0.6 is 0 Å². The maximum Gasteiger partial charge on any atom is 0.258 e. The van der Waals surface area contributed by atoms with Crippen LogP contribution in [0.2, 0.25) is 0 Å². The molecule has 30 heavy (non-hydrogen) atoms. The molecule has 3 aromatic rings. The summed E-state index contributed by atoms with van der Waals surface area (Å²) in [7, 11) is 1.58. The lowest BCUT2D eigenvalue weighted by atomic mass is 10.1. The number of hydrogen-bond donors (Lipinski definition) is 2. The van der Waals surface area contributed by atoms with Crippen LogP contribution in [-0.4, -0.2) is 32.0 Å². The van der Waals surface area contributed by atoms with Gasteiger partial charge in [-0.15, -0.1) is 0 Å². The van der Waals surface area contributed by atoms with E-state index in [1.54, 1.807) is 36.3 Å². The molecule has 0 aromatic heterocycles. The van der Waals surface area contributed by atoms with Gasteiger partial charge in [-0.25, -0.2) is 0 Å². The monoisotopic (exact) mass is 403 g/mol. The van der Waals surface area contributed by atoms with Crippen LogP contribution in [0.3, 0.4) is 0 Å². The Bertz CT molecular complexity index is 1010. The molecule has 0 radical (unpaired) electrons. The molecule has 0 fully saturated rings. The average Bonchev–Trinajstić information content (AvgIpc) is 2.79. The second kappa shape index (κ2) is 10.1. The van der Waals surface area contributed by atoms with Gasteiger partial charge in [0.15, 0.2) is 0 Å². The molecule has 0 aliphatic carbocycles. The van der Waals surface area contributed by atoms with E-state index in [-0.39, 0.29) is 18.4 Å². The highest BCUT2D eigenvalue weighted by Gasteiger charge is 2.16. The fourth-order valence-electron chi connectivity index (χ4n) is 3.11. The zero-order chi connectivity index (χ0) is 21.3. The maximum atomic E-state index is 13.0. The van der Waals surface area contributed by atoms with Crippen molar-refractivity contribution < 1.29 is 14.3 Å². The molecule has 0 aliphatic heterocycles. The predicted octanol–water partition coefficient (Wildman–Crippen LogP) is 4.41. The summed E-state index contributed by atoms with van der Waals surface area (Å²) < 4.78 is 5.27. The molecular formula is C24H25N3O3. The van der Waals surface area contributed by atoms with Crippen molar-refractivity contribution >= 4 is 28.9 Å². The first-order valence-corrected chi connectivity index (χ1v) is 9.76. The quantitative estimate of drug-likeness (QED) is 0.584. The smallest absolute Gasteiger partial charge is 0.258 e. The standard InChI is InChI=1S/C24H25N3O3/c1-3-27(20-12-5-4-6-13-20)24(29)18-10-9-11-19(16-18)26-23(28)17-25-21-14-7-8-15-22(21)30-2/h4-16,25H,3,17H2,1-2H3,(H,26,28). The Labute approximate surface area is 176 Å². The summed E-state index contributed by atoms with van der Waals surface area (Å²) in [4.78, 5) is 27.0. The van der Waals surface area contributed by atoms with Crippen molar-refractivity contribution in [3.63, 3.8) is 0 Å². The molecule has 154 valence electrons. The van der Waals surface area contributed by atoms with E-state index in [1.165, 1.54) is 0 Å². The van der Waals surface area contributed by atoms with E-state index in [2.05, 4.69) is 10.6 Å². The third kappa shape index (κ3) is 5.17. The number of anilines is 3. The number of amides is 2. The number of benzene rings is 3. The molecule has 6 nitrogen and oxygen atoms in total. The molecule has 0 unspecified atom stereocenters. The third-order valence-electron chi connectivity index (χ3n) is 4.57. The van der Waals surface area contributed by atoms with E-state index >= 15 is 0 Å². The van der Waals surface area contributed by atoms with E-state index in [9.17, 15) is 9.59 Å². The van der Waals surface area contributed by atoms with Crippen molar-refractivity contribution in [2.75, 3.05) is 35.7 Å². The largest absolute Gasteiger partial charge is 0.495 e. The highest BCUT2D eigenvalue weighted by atomic mass is 16.5. The number of nitrogens with zero attached hydrogens (tertiary/aromatic N) is 1. The summed E-state index contributed by atoms with van der Waals surface area (Å²) in [5.41, 5.74) is 2.65. The zero-order valence-electron chi connectivity index (χ0n) is 17.1. The zero-order valence-corrected chi connectivity index (χ0v) is 17.1. The second-order valence-corrected chi connectivity index (χ2v) is 6.57. The minimum atomic E-state index is -0.221. The summed E-state index contributed by atoms with van der Waals surface area (Å²) >= 11 is 0. The van der Waals surface area contributed by atoms with Crippen molar-refractivity contribution in [2.45, 2.75) is 6.92 Å². The van der Waals surface area contributed by atoms with Crippen LogP contribution in [0.4, 0.5) is 17.1 Å². The van der Waals surface area contributed by atoms with Gasteiger partial charge in [0.2, 0.25) is 5.91 Å². The van der Waals surface area contributed by atoms with Crippen LogP contribution in [0.25, 0.3) is 0 Å². The van der Waals surface area contributed by atoms with Crippen LogP contribution < -0.4 is 20.3 Å². The van der Waals surface area contributed by atoms with Gasteiger partial charge in [-0.3, -0.25) is 9.59 Å². The van der Waals surface area contributed by atoms with Gasteiger partial charge in [0.05, 0.1) is 19.3 Å². The van der Waals surface area contributed by atoms with E-state index < -0.39 is 0 Å². The SMILES string of the molecule is CCN(C(=O)c1cccc(NC(=O)CNc2ccccc2OC)c1)c1ccccc1. The highest BCUT2D eigenvalue weighted by molar-refractivity contribution is 6.07. The summed E-state index contributed by atoms with van der Waals surface area (Å²) in [5, 5.41) is 5.89. The van der Waals surface area contributed by atoms with Crippen LogP contribution in [0.1, 0.15) is 17.3 Å². The highest BCUT2D eigenvalue weighted by Crippen LogP contribution is 2.23. The number of ether oxygens (including phenoxy) is 1. The molecule has 2 amide bonds. The van der Waals surface area contributed by atoms with Crippen LogP contribution in [0.5, 0.6) is 5.75 Å². The topological polar surface area (TPSA) is 70.7 Å².